The first-order valence-corrected chi connectivity index (χ1v) is 9.22. The van der Waals surface area contributed by atoms with Crippen LogP contribution in [0.4, 0.5) is 4.79 Å². The zero-order valence-corrected chi connectivity index (χ0v) is 13.6. The van der Waals surface area contributed by atoms with Crippen LogP contribution in [0.2, 0.25) is 0 Å². The lowest BCUT2D eigenvalue weighted by atomic mass is 10.0. The Bertz CT molecular complexity index is 538. The van der Waals surface area contributed by atoms with Crippen LogP contribution in [0.15, 0.2) is 0 Å². The molecular weight excluding hydrogens is 312 g/mol. The minimum atomic E-state index is -3.53. The van der Waals surface area contributed by atoms with Crippen LogP contribution in [0, 0.1) is 0 Å². The van der Waals surface area contributed by atoms with Gasteiger partial charge in [-0.05, 0) is 19.3 Å². The molecule has 2 atom stereocenters. The van der Waals surface area contributed by atoms with Crippen LogP contribution in [0.1, 0.15) is 32.6 Å². The molecule has 2 rings (SSSR count). The van der Waals surface area contributed by atoms with Gasteiger partial charge in [0, 0.05) is 6.54 Å². The van der Waals surface area contributed by atoms with Crippen molar-refractivity contribution >= 4 is 22.0 Å². The molecule has 126 valence electrons. The van der Waals surface area contributed by atoms with Gasteiger partial charge in [-0.3, -0.25) is 15.1 Å². The van der Waals surface area contributed by atoms with Crippen molar-refractivity contribution < 1.29 is 22.8 Å². The van der Waals surface area contributed by atoms with Gasteiger partial charge in [0.1, 0.15) is 6.04 Å². The largest absolute Gasteiger partial charge is 0.345 e. The summed E-state index contributed by atoms with van der Waals surface area (Å²) in [5.41, 5.74) is 2.13. The van der Waals surface area contributed by atoms with E-state index in [1.165, 1.54) is 9.96 Å². The van der Waals surface area contributed by atoms with Crippen LogP contribution in [0.25, 0.3) is 0 Å². The predicted molar refractivity (Wildman–Crippen MR) is 77.7 cm³/mol. The third kappa shape index (κ3) is 3.87. The summed E-state index contributed by atoms with van der Waals surface area (Å²) >= 11 is 0. The number of hydrogen-bond donors (Lipinski definition) is 2. The molecule has 22 heavy (non-hydrogen) atoms. The number of fused-ring (bicyclic) bond motifs is 2. The summed E-state index contributed by atoms with van der Waals surface area (Å²) in [6.45, 7) is 2.92. The van der Waals surface area contributed by atoms with Gasteiger partial charge in [0.25, 0.3) is 5.91 Å². The molecular formula is C12H22N4O5S. The molecule has 2 heterocycles. The van der Waals surface area contributed by atoms with Crippen molar-refractivity contribution in [2.24, 2.45) is 0 Å². The van der Waals surface area contributed by atoms with Crippen LogP contribution in [-0.4, -0.2) is 61.8 Å². The van der Waals surface area contributed by atoms with Crippen molar-refractivity contribution in [1.29, 1.82) is 0 Å². The standard InChI is InChI=1S/C12H22N4O5S/c1-3-4-7-21-16-9-5-6-10(15(8-9)12(16)18)11(17)13-14-22(2,19)20/h9-10,14H,3-8H2,1-2H3,(H,13,17)/t9?,10-/m0/s1. The smallest absolute Gasteiger partial charge is 0.309 e. The molecule has 1 unspecified atom stereocenters. The molecule has 2 saturated heterocycles. The summed E-state index contributed by atoms with van der Waals surface area (Å²) in [5.74, 6) is -0.535. The first-order chi connectivity index (χ1) is 10.3. The van der Waals surface area contributed by atoms with Crippen molar-refractivity contribution in [1.82, 2.24) is 20.2 Å². The van der Waals surface area contributed by atoms with Crippen molar-refractivity contribution in [3.05, 3.63) is 0 Å². The van der Waals surface area contributed by atoms with Gasteiger partial charge in [0.05, 0.1) is 18.9 Å². The zero-order valence-electron chi connectivity index (χ0n) is 12.7. The van der Waals surface area contributed by atoms with Crippen LogP contribution < -0.4 is 10.3 Å². The average Bonchev–Trinajstić information content (AvgIpc) is 2.69. The monoisotopic (exact) mass is 334 g/mol. The van der Waals surface area contributed by atoms with Gasteiger partial charge < -0.3 is 4.90 Å². The molecule has 0 aromatic rings. The first kappa shape index (κ1) is 17.0. The van der Waals surface area contributed by atoms with E-state index in [4.69, 9.17) is 4.84 Å². The van der Waals surface area contributed by atoms with Crippen molar-refractivity contribution in [2.75, 3.05) is 19.4 Å². The highest BCUT2D eigenvalue weighted by Crippen LogP contribution is 2.30. The van der Waals surface area contributed by atoms with E-state index in [0.29, 0.717) is 26.0 Å². The van der Waals surface area contributed by atoms with Gasteiger partial charge >= 0.3 is 6.03 Å². The molecule has 0 aromatic heterocycles. The summed E-state index contributed by atoms with van der Waals surface area (Å²) < 4.78 is 22.0. The highest BCUT2D eigenvalue weighted by molar-refractivity contribution is 7.88. The quantitative estimate of drug-likeness (QED) is 0.485. The summed E-state index contributed by atoms with van der Waals surface area (Å²) in [6.07, 6.45) is 3.89. The molecule has 0 spiro atoms. The summed E-state index contributed by atoms with van der Waals surface area (Å²) in [4.78, 5) is 33.2. The molecule has 0 saturated carbocycles. The molecule has 2 bridgehead atoms. The second-order valence-electron chi connectivity index (χ2n) is 5.56. The molecule has 9 nitrogen and oxygen atoms in total. The minimum Gasteiger partial charge on any atom is -0.309 e. The number of amides is 3. The van der Waals surface area contributed by atoms with E-state index in [0.717, 1.165) is 19.1 Å². The van der Waals surface area contributed by atoms with Gasteiger partial charge in [0.15, 0.2) is 0 Å². The Kier molecular flexibility index (Phi) is 5.24. The molecule has 2 aliphatic heterocycles. The second kappa shape index (κ2) is 6.80. The number of nitrogens with zero attached hydrogens (tertiary/aromatic N) is 2. The van der Waals surface area contributed by atoms with Crippen molar-refractivity contribution in [3.63, 3.8) is 0 Å². The maximum Gasteiger partial charge on any atom is 0.345 e. The van der Waals surface area contributed by atoms with E-state index in [2.05, 4.69) is 5.43 Å². The molecule has 0 radical (unpaired) electrons. The Morgan fingerprint density at radius 2 is 2.14 bits per heavy atom. The molecule has 10 heteroatoms. The number of piperidine rings is 1. The number of hydrazine groups is 1. The van der Waals surface area contributed by atoms with Gasteiger partial charge in [0.2, 0.25) is 10.0 Å². The fraction of sp³-hybridized carbons (Fsp3) is 0.833. The van der Waals surface area contributed by atoms with E-state index >= 15 is 0 Å². The Morgan fingerprint density at radius 1 is 1.41 bits per heavy atom. The van der Waals surface area contributed by atoms with Crippen molar-refractivity contribution in [3.8, 4) is 0 Å². The Balaban J connectivity index is 1.95. The number of rotatable bonds is 7. The number of hydrogen-bond acceptors (Lipinski definition) is 5. The fourth-order valence-corrected chi connectivity index (χ4v) is 2.89. The number of sulfonamides is 1. The number of unbranched alkanes of at least 4 members (excludes halogenated alkanes) is 1. The van der Waals surface area contributed by atoms with E-state index < -0.39 is 22.0 Å². The lowest BCUT2D eigenvalue weighted by Crippen LogP contribution is -2.53. The normalized spacial score (nSPS) is 24.7. The summed E-state index contributed by atoms with van der Waals surface area (Å²) in [7, 11) is -3.53. The van der Waals surface area contributed by atoms with Crippen molar-refractivity contribution in [2.45, 2.75) is 44.7 Å². The van der Waals surface area contributed by atoms with Gasteiger partial charge in [-0.25, -0.2) is 13.2 Å². The second-order valence-corrected chi connectivity index (χ2v) is 7.31. The molecule has 2 fully saturated rings. The van der Waals surface area contributed by atoms with E-state index in [-0.39, 0.29) is 12.1 Å². The van der Waals surface area contributed by atoms with Crippen LogP contribution >= 0.6 is 0 Å². The lowest BCUT2D eigenvalue weighted by Gasteiger charge is -2.29. The molecule has 0 aliphatic carbocycles. The van der Waals surface area contributed by atoms with Gasteiger partial charge in [-0.1, -0.05) is 13.3 Å². The number of carbonyl (C=O) groups excluding carboxylic acids is 2. The number of urea groups is 1. The SMILES string of the molecule is CCCCON1C(=O)N2CC1CC[C@H]2C(=O)NNS(C)(=O)=O. The third-order valence-corrected chi connectivity index (χ3v) is 4.19. The highest BCUT2D eigenvalue weighted by Gasteiger charge is 2.47. The predicted octanol–water partition coefficient (Wildman–Crippen LogP) is -0.433. The molecule has 0 aromatic carbocycles. The van der Waals surface area contributed by atoms with Crippen LogP contribution in [0.3, 0.4) is 0 Å². The first-order valence-electron chi connectivity index (χ1n) is 7.33. The summed E-state index contributed by atoms with van der Waals surface area (Å²) in [5, 5.41) is 1.35. The number of carbonyl (C=O) groups is 2. The van der Waals surface area contributed by atoms with E-state index in [9.17, 15) is 18.0 Å². The molecule has 2 N–H and O–H groups in total. The Hall–Kier alpha value is -1.39. The lowest BCUT2D eigenvalue weighted by molar-refractivity contribution is -0.131. The Labute approximate surface area is 129 Å². The average molecular weight is 334 g/mol. The fourth-order valence-electron chi connectivity index (χ4n) is 2.60. The topological polar surface area (TPSA) is 108 Å². The van der Waals surface area contributed by atoms with Gasteiger partial charge in [-0.15, -0.1) is 4.83 Å². The van der Waals surface area contributed by atoms with Gasteiger partial charge in [-0.2, -0.15) is 5.06 Å². The zero-order chi connectivity index (χ0) is 16.3. The molecule has 2 aliphatic rings. The maximum absolute atomic E-state index is 12.3. The highest BCUT2D eigenvalue weighted by atomic mass is 32.2. The van der Waals surface area contributed by atoms with E-state index in [1.54, 1.807) is 0 Å². The van der Waals surface area contributed by atoms with Crippen LogP contribution in [0.5, 0.6) is 0 Å². The van der Waals surface area contributed by atoms with E-state index in [1.807, 2.05) is 11.8 Å². The van der Waals surface area contributed by atoms with Crippen LogP contribution in [-0.2, 0) is 19.7 Å². The minimum absolute atomic E-state index is 0.0451. The maximum atomic E-state index is 12.3. The molecule has 3 amide bonds. The third-order valence-electron chi connectivity index (χ3n) is 3.71. The Morgan fingerprint density at radius 3 is 2.77 bits per heavy atom. The number of hydroxylamine groups is 2. The summed E-state index contributed by atoms with van der Waals surface area (Å²) in [6, 6.07) is -1.06. The number of nitrogens with one attached hydrogen (secondary N) is 2.